The van der Waals surface area contributed by atoms with Crippen molar-refractivity contribution in [3.8, 4) is 0 Å². The number of anilines is 3. The smallest absolute Gasteiger partial charge is 0.226 e. The van der Waals surface area contributed by atoms with Crippen LogP contribution in [-0.2, 0) is 0 Å². The fraction of sp³-hybridized carbons (Fsp3) is 0.571. The number of rotatable bonds is 4. The van der Waals surface area contributed by atoms with Gasteiger partial charge in [-0.25, -0.2) is 9.97 Å². The van der Waals surface area contributed by atoms with Gasteiger partial charge in [-0.2, -0.15) is 9.36 Å². The molecule has 22 heavy (non-hydrogen) atoms. The SMILES string of the molecule is Cc1nsc(N2CCC(Nc3ccnc(N(C)C)n3)CC2)n1. The Morgan fingerprint density at radius 2 is 2.05 bits per heavy atom. The molecule has 0 radical (unpaired) electrons. The molecule has 1 N–H and O–H groups in total. The number of aryl methyl sites for hydroxylation is 1. The van der Waals surface area contributed by atoms with Crippen LogP contribution < -0.4 is 15.1 Å². The van der Waals surface area contributed by atoms with Gasteiger partial charge < -0.3 is 15.1 Å². The molecule has 1 fully saturated rings. The zero-order valence-electron chi connectivity index (χ0n) is 13.2. The van der Waals surface area contributed by atoms with E-state index in [1.54, 1.807) is 6.20 Å². The molecule has 2 aromatic rings. The van der Waals surface area contributed by atoms with Gasteiger partial charge in [0, 0.05) is 51.0 Å². The van der Waals surface area contributed by atoms with E-state index in [2.05, 4.69) is 29.5 Å². The zero-order valence-corrected chi connectivity index (χ0v) is 14.0. The molecule has 0 atom stereocenters. The summed E-state index contributed by atoms with van der Waals surface area (Å²) in [6, 6.07) is 2.36. The van der Waals surface area contributed by atoms with Gasteiger partial charge in [0.25, 0.3) is 0 Å². The molecule has 0 saturated carbocycles. The third kappa shape index (κ3) is 3.44. The minimum absolute atomic E-state index is 0.440. The van der Waals surface area contributed by atoms with E-state index >= 15 is 0 Å². The first-order chi connectivity index (χ1) is 10.6. The van der Waals surface area contributed by atoms with E-state index in [0.717, 1.165) is 48.7 Å². The van der Waals surface area contributed by atoms with Crippen LogP contribution in [0.15, 0.2) is 12.3 Å². The van der Waals surface area contributed by atoms with Gasteiger partial charge in [0.2, 0.25) is 11.1 Å². The second kappa shape index (κ2) is 6.43. The van der Waals surface area contributed by atoms with Crippen molar-refractivity contribution in [2.75, 3.05) is 42.3 Å². The zero-order chi connectivity index (χ0) is 15.5. The molecule has 118 valence electrons. The molecule has 1 aliphatic heterocycles. The van der Waals surface area contributed by atoms with Crippen molar-refractivity contribution in [3.05, 3.63) is 18.1 Å². The maximum absolute atomic E-state index is 4.52. The van der Waals surface area contributed by atoms with Crippen molar-refractivity contribution in [2.45, 2.75) is 25.8 Å². The van der Waals surface area contributed by atoms with E-state index in [0.29, 0.717) is 6.04 Å². The molecule has 0 bridgehead atoms. The summed E-state index contributed by atoms with van der Waals surface area (Å²) in [5.41, 5.74) is 0. The molecule has 1 saturated heterocycles. The summed E-state index contributed by atoms with van der Waals surface area (Å²) in [4.78, 5) is 17.4. The highest BCUT2D eigenvalue weighted by Crippen LogP contribution is 2.23. The van der Waals surface area contributed by atoms with Crippen LogP contribution in [0.5, 0.6) is 0 Å². The van der Waals surface area contributed by atoms with Crippen molar-refractivity contribution in [3.63, 3.8) is 0 Å². The van der Waals surface area contributed by atoms with Crippen molar-refractivity contribution in [1.82, 2.24) is 19.3 Å². The molecule has 0 aromatic carbocycles. The van der Waals surface area contributed by atoms with Crippen LogP contribution in [0, 0.1) is 6.92 Å². The minimum Gasteiger partial charge on any atom is -0.367 e. The maximum Gasteiger partial charge on any atom is 0.226 e. The standard InChI is InChI=1S/C14H21N7S/c1-10-16-14(22-19-10)21-8-5-11(6-9-21)17-12-4-7-15-13(18-12)20(2)3/h4,7,11H,5-6,8-9H2,1-3H3,(H,15,17,18). The first-order valence-corrected chi connectivity index (χ1v) is 8.21. The average molecular weight is 319 g/mol. The lowest BCUT2D eigenvalue weighted by atomic mass is 10.1. The van der Waals surface area contributed by atoms with E-state index in [1.165, 1.54) is 11.5 Å². The van der Waals surface area contributed by atoms with Crippen LogP contribution in [0.25, 0.3) is 0 Å². The molecular weight excluding hydrogens is 298 g/mol. The van der Waals surface area contributed by atoms with Gasteiger partial charge in [0.05, 0.1) is 0 Å². The van der Waals surface area contributed by atoms with E-state index in [9.17, 15) is 0 Å². The fourth-order valence-electron chi connectivity index (χ4n) is 2.48. The van der Waals surface area contributed by atoms with Crippen molar-refractivity contribution in [1.29, 1.82) is 0 Å². The summed E-state index contributed by atoms with van der Waals surface area (Å²) >= 11 is 1.48. The highest BCUT2D eigenvalue weighted by atomic mass is 32.1. The van der Waals surface area contributed by atoms with Crippen molar-refractivity contribution in [2.24, 2.45) is 0 Å². The lowest BCUT2D eigenvalue weighted by molar-refractivity contribution is 0.524. The maximum atomic E-state index is 4.52. The normalized spacial score (nSPS) is 15.9. The number of piperidine rings is 1. The third-order valence-electron chi connectivity index (χ3n) is 3.68. The lowest BCUT2D eigenvalue weighted by Crippen LogP contribution is -2.39. The lowest BCUT2D eigenvalue weighted by Gasteiger charge is -2.32. The Hall–Kier alpha value is -1.96. The largest absolute Gasteiger partial charge is 0.367 e. The van der Waals surface area contributed by atoms with Gasteiger partial charge in [-0.1, -0.05) is 0 Å². The minimum atomic E-state index is 0.440. The number of hydrogen-bond donors (Lipinski definition) is 1. The van der Waals surface area contributed by atoms with Gasteiger partial charge >= 0.3 is 0 Å². The Balaban J connectivity index is 1.57. The van der Waals surface area contributed by atoms with Gasteiger partial charge in [-0.05, 0) is 25.8 Å². The molecule has 0 amide bonds. The van der Waals surface area contributed by atoms with Crippen LogP contribution in [0.2, 0.25) is 0 Å². The monoisotopic (exact) mass is 319 g/mol. The van der Waals surface area contributed by atoms with Crippen LogP contribution in [-0.4, -0.2) is 52.6 Å². The first-order valence-electron chi connectivity index (χ1n) is 7.44. The summed E-state index contributed by atoms with van der Waals surface area (Å²) in [5.74, 6) is 2.48. The molecule has 1 aliphatic rings. The van der Waals surface area contributed by atoms with E-state index in [-0.39, 0.29) is 0 Å². The molecular formula is C14H21N7S. The van der Waals surface area contributed by atoms with Crippen LogP contribution in [0.4, 0.5) is 16.9 Å². The summed E-state index contributed by atoms with van der Waals surface area (Å²) < 4.78 is 4.26. The highest BCUT2D eigenvalue weighted by Gasteiger charge is 2.21. The Labute approximate surface area is 134 Å². The van der Waals surface area contributed by atoms with Gasteiger partial charge in [0.15, 0.2) is 0 Å². The fourth-order valence-corrected chi connectivity index (χ4v) is 3.21. The van der Waals surface area contributed by atoms with Gasteiger partial charge in [-0.15, -0.1) is 0 Å². The molecule has 7 nitrogen and oxygen atoms in total. The highest BCUT2D eigenvalue weighted by molar-refractivity contribution is 7.09. The molecule has 0 unspecified atom stereocenters. The predicted molar refractivity (Wildman–Crippen MR) is 89.9 cm³/mol. The van der Waals surface area contributed by atoms with Crippen LogP contribution in [0.1, 0.15) is 18.7 Å². The molecule has 2 aromatic heterocycles. The third-order valence-corrected chi connectivity index (χ3v) is 4.55. The number of hydrogen-bond acceptors (Lipinski definition) is 8. The predicted octanol–water partition coefficient (Wildman–Crippen LogP) is 1.78. The van der Waals surface area contributed by atoms with Crippen LogP contribution >= 0.6 is 11.5 Å². The Kier molecular flexibility index (Phi) is 4.37. The van der Waals surface area contributed by atoms with Gasteiger partial charge in [0.1, 0.15) is 11.6 Å². The molecule has 3 rings (SSSR count). The molecule has 0 aliphatic carbocycles. The Morgan fingerprint density at radius 1 is 1.27 bits per heavy atom. The summed E-state index contributed by atoms with van der Waals surface area (Å²) in [5, 5.41) is 4.55. The molecule has 8 heteroatoms. The first kappa shape index (κ1) is 15.0. The molecule has 0 spiro atoms. The Bertz CT molecular complexity index is 619. The van der Waals surface area contributed by atoms with Crippen molar-refractivity contribution >= 4 is 28.4 Å². The second-order valence-corrected chi connectivity index (χ2v) is 6.40. The van der Waals surface area contributed by atoms with Crippen molar-refractivity contribution < 1.29 is 0 Å². The van der Waals surface area contributed by atoms with Gasteiger partial charge in [-0.3, -0.25) is 0 Å². The van der Waals surface area contributed by atoms with E-state index < -0.39 is 0 Å². The average Bonchev–Trinajstić information content (AvgIpc) is 2.95. The van der Waals surface area contributed by atoms with Crippen LogP contribution in [0.3, 0.4) is 0 Å². The summed E-state index contributed by atoms with van der Waals surface area (Å²) in [6.07, 6.45) is 3.93. The van der Waals surface area contributed by atoms with E-state index in [4.69, 9.17) is 0 Å². The van der Waals surface area contributed by atoms with E-state index in [1.807, 2.05) is 32.0 Å². The topological polar surface area (TPSA) is 70.1 Å². The number of nitrogens with zero attached hydrogens (tertiary/aromatic N) is 6. The molecule has 3 heterocycles. The summed E-state index contributed by atoms with van der Waals surface area (Å²) in [7, 11) is 3.89. The second-order valence-electron chi connectivity index (χ2n) is 5.67. The number of nitrogens with one attached hydrogen (secondary N) is 1. The Morgan fingerprint density at radius 3 is 2.68 bits per heavy atom. The quantitative estimate of drug-likeness (QED) is 0.921. The summed E-state index contributed by atoms with van der Waals surface area (Å²) in [6.45, 7) is 3.93. The number of aromatic nitrogens is 4.